The smallest absolute Gasteiger partial charge is 0.356 e. The van der Waals surface area contributed by atoms with Crippen LogP contribution in [0.5, 0.6) is 5.75 Å². The molecule has 0 saturated carbocycles. The monoisotopic (exact) mass is 270 g/mol. The van der Waals surface area contributed by atoms with Gasteiger partial charge in [-0.1, -0.05) is 0 Å². The third-order valence-electron chi connectivity index (χ3n) is 2.46. The number of carbonyl (C=O) groups is 1. The molecule has 7 heteroatoms. The molecule has 0 aliphatic rings. The van der Waals surface area contributed by atoms with Crippen LogP contribution in [-0.2, 0) is 0 Å². The van der Waals surface area contributed by atoms with E-state index in [1.807, 2.05) is 6.07 Å². The molecule has 1 heterocycles. The standard InChI is InChI=1S/C13H10N4O3/c1-20-11-4-8(5-14)2-3-9(11)17-12-7-15-10(6-16-12)13(18)19/h2-4,6-7H,1H3,(H,16,17)(H,18,19). The van der Waals surface area contributed by atoms with Crippen molar-refractivity contribution in [1.82, 2.24) is 9.97 Å². The zero-order valence-corrected chi connectivity index (χ0v) is 10.5. The van der Waals surface area contributed by atoms with Crippen LogP contribution in [0.25, 0.3) is 0 Å². The Balaban J connectivity index is 2.25. The number of hydrogen-bond acceptors (Lipinski definition) is 6. The molecule has 0 aliphatic carbocycles. The molecular weight excluding hydrogens is 260 g/mol. The van der Waals surface area contributed by atoms with Crippen molar-refractivity contribution in [2.45, 2.75) is 0 Å². The number of carboxylic acid groups (broad SMARTS) is 1. The van der Waals surface area contributed by atoms with Crippen molar-refractivity contribution in [3.05, 3.63) is 41.9 Å². The number of methoxy groups -OCH3 is 1. The van der Waals surface area contributed by atoms with Crippen molar-refractivity contribution in [2.24, 2.45) is 0 Å². The highest BCUT2D eigenvalue weighted by molar-refractivity contribution is 5.85. The predicted molar refractivity (Wildman–Crippen MR) is 70.0 cm³/mol. The van der Waals surface area contributed by atoms with Gasteiger partial charge in [-0.2, -0.15) is 5.26 Å². The Bertz CT molecular complexity index is 677. The number of nitrogens with one attached hydrogen (secondary N) is 1. The summed E-state index contributed by atoms with van der Waals surface area (Å²) in [5.41, 5.74) is 0.936. The first kappa shape index (κ1) is 13.3. The van der Waals surface area contributed by atoms with Crippen LogP contribution in [0.3, 0.4) is 0 Å². The number of anilines is 2. The molecule has 1 aromatic heterocycles. The van der Waals surface area contributed by atoms with Gasteiger partial charge in [-0.15, -0.1) is 0 Å². The van der Waals surface area contributed by atoms with Crippen LogP contribution < -0.4 is 10.1 Å². The number of rotatable bonds is 4. The molecule has 0 bridgehead atoms. The lowest BCUT2D eigenvalue weighted by Gasteiger charge is -2.10. The van der Waals surface area contributed by atoms with Gasteiger partial charge in [-0.3, -0.25) is 0 Å². The van der Waals surface area contributed by atoms with Crippen molar-refractivity contribution in [1.29, 1.82) is 5.26 Å². The van der Waals surface area contributed by atoms with Gasteiger partial charge in [0.2, 0.25) is 0 Å². The number of benzene rings is 1. The molecule has 0 spiro atoms. The summed E-state index contributed by atoms with van der Waals surface area (Å²) in [4.78, 5) is 18.4. The summed E-state index contributed by atoms with van der Waals surface area (Å²) in [6.07, 6.45) is 2.46. The molecule has 0 aliphatic heterocycles. The SMILES string of the molecule is COc1cc(C#N)ccc1Nc1cnc(C(=O)O)cn1. The van der Waals surface area contributed by atoms with Crippen LogP contribution >= 0.6 is 0 Å². The molecule has 20 heavy (non-hydrogen) atoms. The molecule has 2 N–H and O–H groups in total. The molecule has 2 aromatic rings. The number of carboxylic acids is 1. The van der Waals surface area contributed by atoms with E-state index in [0.717, 1.165) is 6.20 Å². The van der Waals surface area contributed by atoms with E-state index in [4.69, 9.17) is 15.1 Å². The first-order valence-electron chi connectivity index (χ1n) is 5.54. The molecule has 0 unspecified atom stereocenters. The normalized spacial score (nSPS) is 9.60. The van der Waals surface area contributed by atoms with Gasteiger partial charge >= 0.3 is 5.97 Å². The Hall–Kier alpha value is -3.14. The Morgan fingerprint density at radius 2 is 2.20 bits per heavy atom. The second-order valence-electron chi connectivity index (χ2n) is 3.74. The first-order valence-corrected chi connectivity index (χ1v) is 5.54. The predicted octanol–water partition coefficient (Wildman–Crippen LogP) is 1.80. The van der Waals surface area contributed by atoms with E-state index >= 15 is 0 Å². The second-order valence-corrected chi connectivity index (χ2v) is 3.74. The number of nitriles is 1. The van der Waals surface area contributed by atoms with E-state index in [0.29, 0.717) is 22.8 Å². The van der Waals surface area contributed by atoms with Gasteiger partial charge in [0, 0.05) is 6.07 Å². The summed E-state index contributed by atoms with van der Waals surface area (Å²) in [6.45, 7) is 0. The minimum Gasteiger partial charge on any atom is -0.495 e. The Morgan fingerprint density at radius 1 is 1.40 bits per heavy atom. The van der Waals surface area contributed by atoms with Crippen LogP contribution in [0.15, 0.2) is 30.6 Å². The molecule has 0 amide bonds. The number of aromatic nitrogens is 2. The molecule has 2 rings (SSSR count). The average molecular weight is 270 g/mol. The minimum absolute atomic E-state index is 0.137. The Labute approximate surface area is 114 Å². The summed E-state index contributed by atoms with van der Waals surface area (Å²) in [6, 6.07) is 6.90. The van der Waals surface area contributed by atoms with E-state index in [9.17, 15) is 4.79 Å². The number of ether oxygens (including phenoxy) is 1. The van der Waals surface area contributed by atoms with Gasteiger partial charge in [-0.05, 0) is 12.1 Å². The Morgan fingerprint density at radius 3 is 2.75 bits per heavy atom. The molecule has 7 nitrogen and oxygen atoms in total. The number of aromatic carboxylic acids is 1. The molecule has 0 atom stereocenters. The van der Waals surface area contributed by atoms with Gasteiger partial charge in [0.15, 0.2) is 5.69 Å². The van der Waals surface area contributed by atoms with Gasteiger partial charge in [-0.25, -0.2) is 14.8 Å². The van der Waals surface area contributed by atoms with E-state index in [-0.39, 0.29) is 5.69 Å². The second kappa shape index (κ2) is 5.67. The van der Waals surface area contributed by atoms with Crippen molar-refractivity contribution in [3.8, 4) is 11.8 Å². The fourth-order valence-corrected chi connectivity index (χ4v) is 1.51. The van der Waals surface area contributed by atoms with Crippen molar-refractivity contribution in [3.63, 3.8) is 0 Å². The molecule has 0 saturated heterocycles. The van der Waals surface area contributed by atoms with Crippen LogP contribution in [0.4, 0.5) is 11.5 Å². The lowest BCUT2D eigenvalue weighted by atomic mass is 10.2. The van der Waals surface area contributed by atoms with Crippen LogP contribution in [0.1, 0.15) is 16.1 Å². The molecule has 100 valence electrons. The molecule has 1 aromatic carbocycles. The topological polar surface area (TPSA) is 108 Å². The summed E-state index contributed by atoms with van der Waals surface area (Å²) in [5, 5.41) is 20.5. The van der Waals surface area contributed by atoms with E-state index in [1.165, 1.54) is 13.3 Å². The largest absolute Gasteiger partial charge is 0.495 e. The van der Waals surface area contributed by atoms with Gasteiger partial charge in [0.1, 0.15) is 11.6 Å². The van der Waals surface area contributed by atoms with Crippen LogP contribution in [-0.4, -0.2) is 28.2 Å². The average Bonchev–Trinajstić information content (AvgIpc) is 2.48. The van der Waals surface area contributed by atoms with Gasteiger partial charge in [0.05, 0.1) is 36.8 Å². The van der Waals surface area contributed by atoms with Crippen LogP contribution in [0.2, 0.25) is 0 Å². The maximum Gasteiger partial charge on any atom is 0.356 e. The third kappa shape index (κ3) is 2.81. The summed E-state index contributed by atoms with van der Waals surface area (Å²) in [7, 11) is 1.49. The summed E-state index contributed by atoms with van der Waals surface area (Å²) in [5.74, 6) is -0.286. The number of hydrogen-bond donors (Lipinski definition) is 2. The molecular formula is C13H10N4O3. The quantitative estimate of drug-likeness (QED) is 0.871. The summed E-state index contributed by atoms with van der Waals surface area (Å²) < 4.78 is 5.17. The molecule has 0 fully saturated rings. The zero-order valence-electron chi connectivity index (χ0n) is 10.5. The fourth-order valence-electron chi connectivity index (χ4n) is 1.51. The lowest BCUT2D eigenvalue weighted by molar-refractivity contribution is 0.0690. The molecule has 0 radical (unpaired) electrons. The van der Waals surface area contributed by atoms with Gasteiger partial charge in [0.25, 0.3) is 0 Å². The first-order chi connectivity index (χ1) is 9.63. The highest BCUT2D eigenvalue weighted by Crippen LogP contribution is 2.27. The lowest BCUT2D eigenvalue weighted by Crippen LogP contribution is -2.03. The van der Waals surface area contributed by atoms with Crippen molar-refractivity contribution >= 4 is 17.5 Å². The minimum atomic E-state index is -1.14. The number of nitrogens with zero attached hydrogens (tertiary/aromatic N) is 3. The van der Waals surface area contributed by atoms with E-state index < -0.39 is 5.97 Å². The van der Waals surface area contributed by atoms with Crippen molar-refractivity contribution in [2.75, 3.05) is 12.4 Å². The fraction of sp³-hybridized carbons (Fsp3) is 0.0769. The van der Waals surface area contributed by atoms with Crippen LogP contribution in [0, 0.1) is 11.3 Å². The summed E-state index contributed by atoms with van der Waals surface area (Å²) >= 11 is 0. The highest BCUT2D eigenvalue weighted by Gasteiger charge is 2.08. The third-order valence-corrected chi connectivity index (χ3v) is 2.46. The van der Waals surface area contributed by atoms with Crippen molar-refractivity contribution < 1.29 is 14.6 Å². The van der Waals surface area contributed by atoms with E-state index in [2.05, 4.69) is 15.3 Å². The van der Waals surface area contributed by atoms with E-state index in [1.54, 1.807) is 18.2 Å². The maximum absolute atomic E-state index is 10.7. The van der Waals surface area contributed by atoms with Gasteiger partial charge < -0.3 is 15.2 Å². The Kier molecular flexibility index (Phi) is 3.77. The highest BCUT2D eigenvalue weighted by atomic mass is 16.5. The zero-order chi connectivity index (χ0) is 14.5. The maximum atomic E-state index is 10.7.